The molecule has 0 saturated heterocycles. The van der Waals surface area contributed by atoms with E-state index in [1.165, 1.54) is 10.9 Å². The number of nitrogens with zero attached hydrogens (tertiary/aromatic N) is 3. The lowest BCUT2D eigenvalue weighted by Crippen LogP contribution is -2.31. The van der Waals surface area contributed by atoms with E-state index in [0.717, 1.165) is 10.0 Å². The molecule has 9 heteroatoms. The molecule has 0 atom stereocenters. The van der Waals surface area contributed by atoms with Crippen LogP contribution in [0.3, 0.4) is 0 Å². The van der Waals surface area contributed by atoms with Gasteiger partial charge in [0.15, 0.2) is 0 Å². The first-order chi connectivity index (χ1) is 14.0. The van der Waals surface area contributed by atoms with E-state index in [1.807, 2.05) is 18.2 Å². The number of carbonyl (C=O) groups excluding carboxylic acids is 2. The number of hydrogen-bond donors (Lipinski definition) is 2. The minimum Gasteiger partial charge on any atom is -0.356 e. The summed E-state index contributed by atoms with van der Waals surface area (Å²) in [7, 11) is 0. The summed E-state index contributed by atoms with van der Waals surface area (Å²) in [5.74, 6) is -0.379. The molecule has 3 aromatic rings. The van der Waals surface area contributed by atoms with Gasteiger partial charge in [-0.15, -0.1) is 0 Å². The van der Waals surface area contributed by atoms with Crippen molar-refractivity contribution in [2.24, 2.45) is 0 Å². The molecule has 0 fully saturated rings. The number of aryl methyl sites for hydroxylation is 1. The first kappa shape index (κ1) is 20.7. The van der Waals surface area contributed by atoms with Gasteiger partial charge in [-0.3, -0.25) is 23.9 Å². The highest BCUT2D eigenvalue weighted by atomic mass is 79.9. The molecule has 0 saturated carbocycles. The molecule has 3 rings (SSSR count). The molecule has 0 radical (unpaired) electrons. The first-order valence-electron chi connectivity index (χ1n) is 9.10. The molecule has 8 nitrogen and oxygen atoms in total. The fourth-order valence-corrected chi connectivity index (χ4v) is 3.07. The molecule has 0 spiro atoms. The summed E-state index contributed by atoms with van der Waals surface area (Å²) in [6.45, 7) is 0.872. The van der Waals surface area contributed by atoms with Crippen molar-refractivity contribution < 1.29 is 9.59 Å². The van der Waals surface area contributed by atoms with Gasteiger partial charge in [0.25, 0.3) is 5.56 Å². The van der Waals surface area contributed by atoms with Crippen molar-refractivity contribution in [3.05, 3.63) is 69.4 Å². The van der Waals surface area contributed by atoms with E-state index in [9.17, 15) is 14.4 Å². The van der Waals surface area contributed by atoms with E-state index in [4.69, 9.17) is 0 Å². The van der Waals surface area contributed by atoms with Crippen LogP contribution in [-0.4, -0.2) is 32.9 Å². The Hall–Kier alpha value is -3.07. The third-order valence-electron chi connectivity index (χ3n) is 4.28. The predicted octanol–water partition coefficient (Wildman–Crippen LogP) is 1.77. The smallest absolute Gasteiger partial charge is 0.261 e. The number of hydrogen-bond acceptors (Lipinski definition) is 5. The SMILES string of the molecule is O=C(CCn1cnc2ccc(Br)cc2c1=O)NCCC(=O)NCc1ccncc1. The molecule has 0 unspecified atom stereocenters. The summed E-state index contributed by atoms with van der Waals surface area (Å²) < 4.78 is 2.21. The van der Waals surface area contributed by atoms with Crippen molar-refractivity contribution in [1.29, 1.82) is 0 Å². The molecule has 2 amide bonds. The van der Waals surface area contributed by atoms with Crippen LogP contribution in [0, 0.1) is 0 Å². The summed E-state index contributed by atoms with van der Waals surface area (Å²) in [6, 6.07) is 8.94. The Morgan fingerprint density at radius 3 is 2.59 bits per heavy atom. The third-order valence-corrected chi connectivity index (χ3v) is 4.77. The highest BCUT2D eigenvalue weighted by Gasteiger charge is 2.08. The van der Waals surface area contributed by atoms with Gasteiger partial charge in [-0.2, -0.15) is 0 Å². The van der Waals surface area contributed by atoms with Gasteiger partial charge in [0, 0.05) is 49.3 Å². The number of halogens is 1. The minimum absolute atomic E-state index is 0.125. The lowest BCUT2D eigenvalue weighted by molar-refractivity contribution is -0.122. The van der Waals surface area contributed by atoms with Crippen LogP contribution in [-0.2, 0) is 22.7 Å². The van der Waals surface area contributed by atoms with E-state index in [2.05, 4.69) is 36.5 Å². The van der Waals surface area contributed by atoms with Gasteiger partial charge in [0.1, 0.15) is 0 Å². The number of carbonyl (C=O) groups is 2. The van der Waals surface area contributed by atoms with Crippen LogP contribution in [0.2, 0.25) is 0 Å². The topological polar surface area (TPSA) is 106 Å². The van der Waals surface area contributed by atoms with Gasteiger partial charge in [0.05, 0.1) is 17.2 Å². The fraction of sp³-hybridized carbons (Fsp3) is 0.250. The number of rotatable bonds is 8. The molecule has 2 N–H and O–H groups in total. The number of nitrogens with one attached hydrogen (secondary N) is 2. The Kier molecular flexibility index (Phi) is 7.07. The summed E-state index contributed by atoms with van der Waals surface area (Å²) in [5, 5.41) is 5.97. The number of pyridine rings is 1. The number of fused-ring (bicyclic) bond motifs is 1. The van der Waals surface area contributed by atoms with Crippen LogP contribution >= 0.6 is 15.9 Å². The zero-order valence-electron chi connectivity index (χ0n) is 15.6. The lowest BCUT2D eigenvalue weighted by atomic mass is 10.2. The van der Waals surface area contributed by atoms with Gasteiger partial charge in [-0.05, 0) is 35.9 Å². The van der Waals surface area contributed by atoms with E-state index < -0.39 is 0 Å². The first-order valence-corrected chi connectivity index (χ1v) is 9.89. The highest BCUT2D eigenvalue weighted by Crippen LogP contribution is 2.14. The van der Waals surface area contributed by atoms with Crippen LogP contribution < -0.4 is 16.2 Å². The van der Waals surface area contributed by atoms with Crippen LogP contribution in [0.15, 0.2) is 58.3 Å². The van der Waals surface area contributed by atoms with Gasteiger partial charge in [-0.1, -0.05) is 15.9 Å². The van der Waals surface area contributed by atoms with E-state index in [0.29, 0.717) is 17.4 Å². The monoisotopic (exact) mass is 457 g/mol. The Bertz CT molecular complexity index is 1070. The summed E-state index contributed by atoms with van der Waals surface area (Å²) in [4.78, 5) is 44.5. The van der Waals surface area contributed by atoms with Crippen LogP contribution in [0.5, 0.6) is 0 Å². The fourth-order valence-electron chi connectivity index (χ4n) is 2.71. The van der Waals surface area contributed by atoms with Crippen molar-refractivity contribution in [1.82, 2.24) is 25.2 Å². The van der Waals surface area contributed by atoms with Crippen LogP contribution in [0.25, 0.3) is 10.9 Å². The second-order valence-corrected chi connectivity index (χ2v) is 7.30. The second-order valence-electron chi connectivity index (χ2n) is 6.39. The second kappa shape index (κ2) is 9.92. The number of benzene rings is 1. The Morgan fingerprint density at radius 2 is 1.79 bits per heavy atom. The maximum atomic E-state index is 12.5. The van der Waals surface area contributed by atoms with Crippen molar-refractivity contribution in [3.8, 4) is 0 Å². The lowest BCUT2D eigenvalue weighted by Gasteiger charge is -2.08. The molecule has 0 aliphatic carbocycles. The Labute approximate surface area is 175 Å². The molecule has 29 heavy (non-hydrogen) atoms. The average molecular weight is 458 g/mol. The summed E-state index contributed by atoms with van der Waals surface area (Å²) >= 11 is 3.34. The molecular formula is C20H20BrN5O3. The Balaban J connectivity index is 1.42. The third kappa shape index (κ3) is 5.95. The van der Waals surface area contributed by atoms with Gasteiger partial charge < -0.3 is 10.6 Å². The van der Waals surface area contributed by atoms with Crippen molar-refractivity contribution in [2.45, 2.75) is 25.9 Å². The number of amides is 2. The standard InChI is InChI=1S/C20H20BrN5O3/c21-15-1-2-17-16(11-15)20(29)26(13-25-17)10-6-19(28)23-9-5-18(27)24-12-14-3-7-22-8-4-14/h1-4,7-8,11,13H,5-6,9-10,12H2,(H,23,28)(H,24,27). The average Bonchev–Trinajstić information content (AvgIpc) is 2.73. The van der Waals surface area contributed by atoms with E-state index >= 15 is 0 Å². The maximum Gasteiger partial charge on any atom is 0.261 e. The normalized spacial score (nSPS) is 10.7. The maximum absolute atomic E-state index is 12.5. The summed E-state index contributed by atoms with van der Waals surface area (Å²) in [5.41, 5.74) is 1.37. The molecule has 0 aliphatic heterocycles. The molecule has 0 aliphatic rings. The minimum atomic E-state index is -0.229. The molecule has 2 heterocycles. The van der Waals surface area contributed by atoms with Crippen LogP contribution in [0.4, 0.5) is 0 Å². The van der Waals surface area contributed by atoms with Crippen LogP contribution in [0.1, 0.15) is 18.4 Å². The zero-order chi connectivity index (χ0) is 20.6. The molecule has 1 aromatic carbocycles. The Morgan fingerprint density at radius 1 is 1.03 bits per heavy atom. The quantitative estimate of drug-likeness (QED) is 0.535. The van der Waals surface area contributed by atoms with Gasteiger partial charge in [0.2, 0.25) is 11.8 Å². The van der Waals surface area contributed by atoms with E-state index in [-0.39, 0.29) is 43.3 Å². The van der Waals surface area contributed by atoms with Gasteiger partial charge in [-0.25, -0.2) is 4.98 Å². The molecular weight excluding hydrogens is 438 g/mol. The number of aromatic nitrogens is 3. The largest absolute Gasteiger partial charge is 0.356 e. The molecule has 150 valence electrons. The van der Waals surface area contributed by atoms with Crippen molar-refractivity contribution >= 4 is 38.6 Å². The predicted molar refractivity (Wildman–Crippen MR) is 112 cm³/mol. The van der Waals surface area contributed by atoms with Crippen molar-refractivity contribution in [3.63, 3.8) is 0 Å². The van der Waals surface area contributed by atoms with E-state index in [1.54, 1.807) is 24.5 Å². The molecule has 2 aromatic heterocycles. The zero-order valence-corrected chi connectivity index (χ0v) is 17.2. The van der Waals surface area contributed by atoms with Crippen molar-refractivity contribution in [2.75, 3.05) is 6.54 Å². The highest BCUT2D eigenvalue weighted by molar-refractivity contribution is 9.10. The van der Waals surface area contributed by atoms with Gasteiger partial charge >= 0.3 is 0 Å². The molecule has 0 bridgehead atoms. The summed E-state index contributed by atoms with van der Waals surface area (Å²) in [6.07, 6.45) is 5.08.